The molecule has 0 bridgehead atoms. The van der Waals surface area contributed by atoms with E-state index in [2.05, 4.69) is 81.8 Å². The van der Waals surface area contributed by atoms with Crippen LogP contribution >= 0.6 is 0 Å². The van der Waals surface area contributed by atoms with E-state index in [-0.39, 0.29) is 10.8 Å². The molecule has 1 aromatic heterocycles. The van der Waals surface area contributed by atoms with Gasteiger partial charge in [-0.2, -0.15) is 0 Å². The van der Waals surface area contributed by atoms with Crippen LogP contribution in [0.5, 0.6) is 0 Å². The fourth-order valence-corrected chi connectivity index (χ4v) is 4.10. The monoisotopic (exact) mass is 318 g/mol. The van der Waals surface area contributed by atoms with Crippen LogP contribution in [0.2, 0.25) is 0 Å². The van der Waals surface area contributed by atoms with Gasteiger partial charge < -0.3 is 4.57 Å². The lowest BCUT2D eigenvalue weighted by molar-refractivity contribution is 0.332. The Labute approximate surface area is 144 Å². The maximum absolute atomic E-state index is 4.97. The average Bonchev–Trinajstić information content (AvgIpc) is 2.88. The van der Waals surface area contributed by atoms with Gasteiger partial charge >= 0.3 is 0 Å². The maximum atomic E-state index is 4.97. The molecule has 0 unspecified atom stereocenters. The van der Waals surface area contributed by atoms with Crippen molar-refractivity contribution in [2.24, 2.45) is 7.05 Å². The largest absolute Gasteiger partial charge is 0.327 e. The molecule has 1 aliphatic rings. The van der Waals surface area contributed by atoms with E-state index < -0.39 is 0 Å². The topological polar surface area (TPSA) is 17.8 Å². The molecule has 2 heteroatoms. The molecule has 0 spiro atoms. The third-order valence-corrected chi connectivity index (χ3v) is 5.89. The molecule has 2 aromatic carbocycles. The van der Waals surface area contributed by atoms with Crippen LogP contribution in [0.1, 0.15) is 51.7 Å². The van der Waals surface area contributed by atoms with E-state index in [0.717, 1.165) is 11.3 Å². The van der Waals surface area contributed by atoms with E-state index in [1.165, 1.54) is 35.0 Å². The van der Waals surface area contributed by atoms with Crippen molar-refractivity contribution in [3.05, 3.63) is 53.6 Å². The van der Waals surface area contributed by atoms with Gasteiger partial charge in [0.05, 0.1) is 11.0 Å². The summed E-state index contributed by atoms with van der Waals surface area (Å²) in [6.07, 6.45) is 2.47. The van der Waals surface area contributed by atoms with E-state index in [0.29, 0.717) is 0 Å². The van der Waals surface area contributed by atoms with E-state index in [9.17, 15) is 0 Å². The Morgan fingerprint density at radius 1 is 0.875 bits per heavy atom. The number of hydrogen-bond donors (Lipinski definition) is 0. The van der Waals surface area contributed by atoms with Crippen LogP contribution in [0.25, 0.3) is 22.4 Å². The lowest BCUT2D eigenvalue weighted by atomic mass is 9.63. The van der Waals surface area contributed by atoms with Gasteiger partial charge in [-0.1, -0.05) is 58.0 Å². The molecule has 24 heavy (non-hydrogen) atoms. The zero-order valence-corrected chi connectivity index (χ0v) is 15.4. The third-order valence-electron chi connectivity index (χ3n) is 5.89. The highest BCUT2D eigenvalue weighted by Gasteiger charge is 2.37. The molecule has 0 saturated carbocycles. The quantitative estimate of drug-likeness (QED) is 0.572. The van der Waals surface area contributed by atoms with Crippen molar-refractivity contribution in [2.45, 2.75) is 51.4 Å². The summed E-state index contributed by atoms with van der Waals surface area (Å²) >= 11 is 0. The summed E-state index contributed by atoms with van der Waals surface area (Å²) in [6.45, 7) is 9.49. The number of rotatable bonds is 1. The molecule has 0 atom stereocenters. The second-order valence-electron chi connectivity index (χ2n) is 8.51. The number of fused-ring (bicyclic) bond motifs is 2. The summed E-state index contributed by atoms with van der Waals surface area (Å²) in [7, 11) is 2.13. The maximum Gasteiger partial charge on any atom is 0.140 e. The van der Waals surface area contributed by atoms with Gasteiger partial charge in [-0.3, -0.25) is 0 Å². The van der Waals surface area contributed by atoms with Gasteiger partial charge in [0.15, 0.2) is 0 Å². The zero-order chi connectivity index (χ0) is 17.1. The van der Waals surface area contributed by atoms with Gasteiger partial charge in [-0.15, -0.1) is 0 Å². The summed E-state index contributed by atoms with van der Waals surface area (Å²) in [4.78, 5) is 4.97. The van der Waals surface area contributed by atoms with Crippen molar-refractivity contribution >= 4 is 11.0 Å². The fourth-order valence-electron chi connectivity index (χ4n) is 4.10. The Bertz CT molecular complexity index is 914. The van der Waals surface area contributed by atoms with E-state index >= 15 is 0 Å². The number of aryl methyl sites for hydroxylation is 1. The first-order valence-corrected chi connectivity index (χ1v) is 8.86. The first-order valence-electron chi connectivity index (χ1n) is 8.86. The van der Waals surface area contributed by atoms with Gasteiger partial charge in [-0.05, 0) is 46.9 Å². The molecule has 0 aliphatic heterocycles. The second kappa shape index (κ2) is 4.95. The molecular weight excluding hydrogens is 292 g/mol. The first-order chi connectivity index (χ1) is 11.3. The van der Waals surface area contributed by atoms with E-state index in [1.807, 2.05) is 0 Å². The lowest BCUT2D eigenvalue weighted by Crippen LogP contribution is -2.33. The molecule has 4 rings (SSSR count). The van der Waals surface area contributed by atoms with Gasteiger partial charge in [0, 0.05) is 12.6 Å². The van der Waals surface area contributed by atoms with Crippen LogP contribution < -0.4 is 0 Å². The van der Waals surface area contributed by atoms with Crippen molar-refractivity contribution in [1.29, 1.82) is 0 Å². The predicted octanol–water partition coefficient (Wildman–Crippen LogP) is 5.59. The fraction of sp³-hybridized carbons (Fsp3) is 0.409. The van der Waals surface area contributed by atoms with Crippen LogP contribution in [0, 0.1) is 0 Å². The minimum atomic E-state index is 0.226. The summed E-state index contributed by atoms with van der Waals surface area (Å²) in [6, 6.07) is 15.2. The predicted molar refractivity (Wildman–Crippen MR) is 101 cm³/mol. The Hall–Kier alpha value is -2.09. The number of aromatic nitrogens is 2. The van der Waals surface area contributed by atoms with Crippen molar-refractivity contribution in [2.75, 3.05) is 0 Å². The molecule has 3 aromatic rings. The smallest absolute Gasteiger partial charge is 0.140 e. The highest BCUT2D eigenvalue weighted by molar-refractivity contribution is 5.83. The number of benzene rings is 2. The summed E-state index contributed by atoms with van der Waals surface area (Å²) in [5.74, 6) is 1.04. The second-order valence-corrected chi connectivity index (χ2v) is 8.51. The Morgan fingerprint density at radius 3 is 2.08 bits per heavy atom. The molecule has 0 saturated heterocycles. The van der Waals surface area contributed by atoms with Gasteiger partial charge in [0.2, 0.25) is 0 Å². The summed E-state index contributed by atoms with van der Waals surface area (Å²) in [5.41, 5.74) is 6.95. The van der Waals surface area contributed by atoms with Gasteiger partial charge in [0.1, 0.15) is 5.82 Å². The zero-order valence-electron chi connectivity index (χ0n) is 15.4. The number of nitrogens with zero attached hydrogens (tertiary/aromatic N) is 2. The van der Waals surface area contributed by atoms with Crippen LogP contribution in [0.15, 0.2) is 42.5 Å². The molecule has 0 fully saturated rings. The first kappa shape index (κ1) is 15.4. The third kappa shape index (κ3) is 2.20. The molecule has 0 amide bonds. The molecule has 0 N–H and O–H groups in total. The van der Waals surface area contributed by atoms with Crippen LogP contribution in [-0.4, -0.2) is 9.55 Å². The SMILES string of the molecule is Cn1c(-c2ccccc2)nc2cc3c(cc21)C(C)(C)CCC3(C)C. The Kier molecular flexibility index (Phi) is 3.19. The highest BCUT2D eigenvalue weighted by Crippen LogP contribution is 2.47. The minimum Gasteiger partial charge on any atom is -0.327 e. The van der Waals surface area contributed by atoms with Crippen LogP contribution in [-0.2, 0) is 17.9 Å². The molecule has 0 radical (unpaired) electrons. The molecule has 1 heterocycles. The normalized spacial score (nSPS) is 18.5. The summed E-state index contributed by atoms with van der Waals surface area (Å²) < 4.78 is 2.24. The van der Waals surface area contributed by atoms with Crippen molar-refractivity contribution in [1.82, 2.24) is 9.55 Å². The number of hydrogen-bond acceptors (Lipinski definition) is 1. The van der Waals surface area contributed by atoms with Gasteiger partial charge in [0.25, 0.3) is 0 Å². The highest BCUT2D eigenvalue weighted by atomic mass is 15.1. The Morgan fingerprint density at radius 2 is 1.46 bits per heavy atom. The van der Waals surface area contributed by atoms with E-state index in [4.69, 9.17) is 4.98 Å². The molecule has 124 valence electrons. The molecule has 1 aliphatic carbocycles. The average molecular weight is 318 g/mol. The minimum absolute atomic E-state index is 0.226. The van der Waals surface area contributed by atoms with Crippen LogP contribution in [0.4, 0.5) is 0 Å². The van der Waals surface area contributed by atoms with E-state index in [1.54, 1.807) is 0 Å². The summed E-state index contributed by atoms with van der Waals surface area (Å²) in [5, 5.41) is 0. The Balaban J connectivity index is 2.00. The van der Waals surface area contributed by atoms with Gasteiger partial charge in [-0.25, -0.2) is 4.98 Å². The standard InChI is InChI=1S/C22H26N2/c1-21(2)11-12-22(3,4)17-14-19-18(13-16(17)21)23-20(24(19)5)15-9-7-6-8-10-15/h6-10,13-14H,11-12H2,1-5H3. The van der Waals surface area contributed by atoms with Crippen LogP contribution in [0.3, 0.4) is 0 Å². The lowest BCUT2D eigenvalue weighted by Gasteiger charge is -2.41. The molecule has 2 nitrogen and oxygen atoms in total. The van der Waals surface area contributed by atoms with Crippen molar-refractivity contribution in [3.8, 4) is 11.4 Å². The number of imidazole rings is 1. The molecular formula is C22H26N2. The van der Waals surface area contributed by atoms with Crippen molar-refractivity contribution < 1.29 is 0 Å². The van der Waals surface area contributed by atoms with Crippen molar-refractivity contribution in [3.63, 3.8) is 0 Å².